The summed E-state index contributed by atoms with van der Waals surface area (Å²) in [5.74, 6) is 0. The molecule has 0 aliphatic carbocycles. The van der Waals surface area contributed by atoms with Gasteiger partial charge in [0.05, 0.1) is 0 Å². The van der Waals surface area contributed by atoms with Crippen LogP contribution < -0.4 is 18.9 Å². The molecule has 0 fully saturated rings. The van der Waals surface area contributed by atoms with E-state index < -0.39 is 6.95 Å². The van der Waals surface area contributed by atoms with Crippen LogP contribution in [0.3, 0.4) is 0 Å². The second-order valence-corrected chi connectivity index (χ2v) is 2.12. The average Bonchev–Trinajstić information content (AvgIpc) is 0.918. The van der Waals surface area contributed by atoms with Crippen LogP contribution in [-0.2, 0) is 21.5 Å². The first-order valence-electron chi connectivity index (χ1n) is 0.494. The van der Waals surface area contributed by atoms with Crippen molar-refractivity contribution in [1.29, 1.82) is 0 Å². The molecule has 1 nitrogen and oxygen atoms in total. The molecule has 41 valence electrons. The molecule has 0 amide bonds. The van der Waals surface area contributed by atoms with Gasteiger partial charge in [0.15, 0.2) is 0 Å². The zero-order valence-electron chi connectivity index (χ0n) is 5.22. The minimum absolute atomic E-state index is 0. The molecule has 0 aromatic heterocycles. The summed E-state index contributed by atoms with van der Waals surface area (Å²) in [6.45, 7) is -0.450. The topological polar surface area (TPSA) is 17.1 Å². The quantitative estimate of drug-likeness (QED) is 0.237. The van der Waals surface area contributed by atoms with E-state index in [4.69, 9.17) is 4.46 Å². The van der Waals surface area contributed by atoms with Crippen LogP contribution >= 0.6 is 0 Å². The minimum atomic E-state index is -0.450. The van der Waals surface area contributed by atoms with Gasteiger partial charge in [-0.3, -0.25) is 0 Å². The van der Waals surface area contributed by atoms with E-state index in [0.29, 0.717) is 0 Å². The molecule has 0 atom stereocenters. The SMILES string of the molecule is O=[SiH][TeH].[BiH3].[H-].[Li+].[Mn].[PbH2]. The maximum absolute atomic E-state index is 9.04. The van der Waals surface area contributed by atoms with Crippen molar-refractivity contribution in [3.63, 3.8) is 0 Å². The van der Waals surface area contributed by atoms with Gasteiger partial charge < -0.3 is 1.43 Å². The van der Waals surface area contributed by atoms with Gasteiger partial charge in [-0.05, 0) is 0 Å². The molecule has 0 N–H and O–H groups in total. The first-order chi connectivity index (χ1) is 1.41. The van der Waals surface area contributed by atoms with Gasteiger partial charge in [-0.1, -0.05) is 0 Å². The van der Waals surface area contributed by atoms with Crippen molar-refractivity contribution in [1.82, 2.24) is 0 Å². The van der Waals surface area contributed by atoms with Gasteiger partial charge in [0.2, 0.25) is 0 Å². The van der Waals surface area contributed by atoms with Crippen molar-refractivity contribution >= 4 is 82.0 Å². The summed E-state index contributed by atoms with van der Waals surface area (Å²) in [4.78, 5) is 0. The predicted octanol–water partition coefficient (Wildman–Crippen LogP) is -6.40. The molecule has 3 radical (unpaired) electrons. The summed E-state index contributed by atoms with van der Waals surface area (Å²) < 4.78 is 9.04. The van der Waals surface area contributed by atoms with Crippen molar-refractivity contribution in [2.45, 2.75) is 0 Å². The third-order valence-corrected chi connectivity index (χ3v) is 0. The van der Waals surface area contributed by atoms with Gasteiger partial charge in [-0.2, -0.15) is 0 Å². The van der Waals surface area contributed by atoms with E-state index in [1.165, 1.54) is 21.5 Å². The number of rotatable bonds is 0. The molecule has 0 aliphatic heterocycles. The monoisotopic (exact) mass is 661 g/mol. The maximum atomic E-state index is 9.04. The number of hydrogen-bond acceptors (Lipinski definition) is 1. The van der Waals surface area contributed by atoms with Crippen molar-refractivity contribution in [3.05, 3.63) is 0 Å². The molecule has 0 aromatic rings. The van der Waals surface area contributed by atoms with E-state index in [2.05, 4.69) is 0 Å². The first kappa shape index (κ1) is 30.9. The molecule has 0 unspecified atom stereocenters. The molecule has 0 saturated heterocycles. The summed E-state index contributed by atoms with van der Waals surface area (Å²) in [7, 11) is 0. The average molecular weight is 658 g/mol. The Morgan fingerprint density at radius 3 is 1.57 bits per heavy atom. The van der Waals surface area contributed by atoms with Crippen molar-refractivity contribution in [2.75, 3.05) is 0 Å². The van der Waals surface area contributed by atoms with Gasteiger partial charge in [-0.15, -0.1) is 0 Å². The fourth-order valence-corrected chi connectivity index (χ4v) is 0. The van der Waals surface area contributed by atoms with E-state index >= 15 is 0 Å². The van der Waals surface area contributed by atoms with Gasteiger partial charge in [0, 0.05) is 17.1 Å². The Labute approximate surface area is 121 Å². The molecule has 0 saturated carbocycles. The van der Waals surface area contributed by atoms with E-state index in [9.17, 15) is 0 Å². The van der Waals surface area contributed by atoms with Crippen LogP contribution in [0.5, 0.6) is 0 Å². The Balaban J connectivity index is -0.00000000200. The molecule has 0 bridgehead atoms. The molecule has 0 aliphatic rings. The molecule has 0 rings (SSSR count). The second-order valence-electron chi connectivity index (χ2n) is 0.105. The zero-order chi connectivity index (χ0) is 2.71. The van der Waals surface area contributed by atoms with Gasteiger partial charge in [0.25, 0.3) is 0 Å². The molecule has 0 spiro atoms. The van der Waals surface area contributed by atoms with Crippen LogP contribution in [0.25, 0.3) is 0 Å². The van der Waals surface area contributed by atoms with Crippen LogP contribution in [0.2, 0.25) is 0 Å². The van der Waals surface area contributed by atoms with Crippen molar-refractivity contribution in [3.8, 4) is 0 Å². The van der Waals surface area contributed by atoms with E-state index in [1.54, 1.807) is 0 Å². The van der Waals surface area contributed by atoms with Gasteiger partial charge in [-0.25, -0.2) is 0 Å². The molecule has 0 heterocycles. The summed E-state index contributed by atoms with van der Waals surface area (Å²) in [6, 6.07) is 0. The molecule has 7 heteroatoms. The molecule has 0 aromatic carbocycles. The Bertz CT molecular complexity index is 31.5. The summed E-state index contributed by atoms with van der Waals surface area (Å²) >= 11 is 1.38. The third kappa shape index (κ3) is 41.8. The molecule has 7 heavy (non-hydrogen) atoms. The Morgan fingerprint density at radius 2 is 1.57 bits per heavy atom. The van der Waals surface area contributed by atoms with E-state index in [1.807, 2.05) is 0 Å². The van der Waals surface area contributed by atoms with Crippen molar-refractivity contribution in [2.24, 2.45) is 0 Å². The molecular weight excluding hydrogens is 650 g/mol. The van der Waals surface area contributed by atoms with Gasteiger partial charge in [0.1, 0.15) is 0 Å². The van der Waals surface area contributed by atoms with Crippen LogP contribution in [0.15, 0.2) is 0 Å². The predicted molar refractivity (Wildman–Crippen MR) is 34.6 cm³/mol. The van der Waals surface area contributed by atoms with Crippen LogP contribution in [0.4, 0.5) is 0 Å². The Hall–Kier alpha value is 3.73. The summed E-state index contributed by atoms with van der Waals surface area (Å²) in [5.41, 5.74) is 0. The second kappa shape index (κ2) is 33.1. The van der Waals surface area contributed by atoms with Crippen LogP contribution in [0, 0.1) is 0 Å². The zero-order valence-corrected chi connectivity index (χ0v) is 20.1. The normalized spacial score (nSPS) is 1.86. The first-order valence-corrected chi connectivity index (χ1v) is 5.90. The summed E-state index contributed by atoms with van der Waals surface area (Å²) in [5, 5.41) is 0. The standard InChI is InChI=1S/Bi.Li.Mn.H2OSiTe.Pb.6H/c;;;1-2-3;;;;;;;/h;;;2-3H;;;;;;;/q;+1;;;;;;;;;-1. The van der Waals surface area contributed by atoms with Crippen LogP contribution in [0.1, 0.15) is 1.43 Å². The Kier molecular flexibility index (Phi) is 147. The van der Waals surface area contributed by atoms with E-state index in [0.717, 1.165) is 0 Å². The van der Waals surface area contributed by atoms with Crippen molar-refractivity contribution < 1.29 is 41.8 Å². The summed E-state index contributed by atoms with van der Waals surface area (Å²) in [6.07, 6.45) is 0. The fourth-order valence-electron chi connectivity index (χ4n) is 0. The molecular formula is H8BiLiMnOPbSiTe. The Morgan fingerprint density at radius 1 is 1.57 bits per heavy atom. The third-order valence-electron chi connectivity index (χ3n) is 0. The fraction of sp³-hybridized carbons (Fsp3) is 0. The number of hydrogen-bond donors (Lipinski definition) is 0. The van der Waals surface area contributed by atoms with Crippen LogP contribution in [-0.4, -0.2) is 82.0 Å². The van der Waals surface area contributed by atoms with Gasteiger partial charge >= 0.3 is 105 Å². The van der Waals surface area contributed by atoms with E-state index in [-0.39, 0.29) is 90.9 Å².